The van der Waals surface area contributed by atoms with Crippen molar-refractivity contribution in [3.63, 3.8) is 0 Å². The van der Waals surface area contributed by atoms with Gasteiger partial charge in [0.1, 0.15) is 0 Å². The number of nitrogens with zero attached hydrogens (tertiary/aromatic N) is 1. The van der Waals surface area contributed by atoms with Crippen LogP contribution in [-0.4, -0.2) is 26.3 Å². The molecule has 1 aromatic carbocycles. The third-order valence-electron chi connectivity index (χ3n) is 3.41. The van der Waals surface area contributed by atoms with Crippen LogP contribution in [0.25, 0.3) is 0 Å². The highest BCUT2D eigenvalue weighted by atomic mass is 35.5. The minimum Gasteiger partial charge on any atom is -0.493 e. The Morgan fingerprint density at radius 1 is 1.00 bits per heavy atom. The van der Waals surface area contributed by atoms with Crippen LogP contribution in [0.3, 0.4) is 0 Å². The predicted octanol–water partition coefficient (Wildman–Crippen LogP) is 4.34. The number of hydrogen-bond acceptors (Lipinski definition) is 4. The van der Waals surface area contributed by atoms with E-state index in [9.17, 15) is 0 Å². The monoisotopic (exact) mass is 341 g/mol. The molecule has 0 fully saturated rings. The first kappa shape index (κ1) is 16.9. The maximum atomic E-state index is 6.18. The summed E-state index contributed by atoms with van der Waals surface area (Å²) in [6, 6.07) is 5.66. The minimum absolute atomic E-state index is 0.211. The van der Waals surface area contributed by atoms with E-state index in [4.69, 9.17) is 37.4 Å². The summed E-state index contributed by atoms with van der Waals surface area (Å²) in [5.74, 6) is 1.31. The Labute approximate surface area is 139 Å². The molecule has 1 atom stereocenters. The molecule has 0 aliphatic rings. The van der Waals surface area contributed by atoms with E-state index in [1.165, 1.54) is 0 Å². The Hall–Kier alpha value is -1.49. The van der Waals surface area contributed by atoms with E-state index in [0.717, 1.165) is 11.1 Å². The molecule has 2 rings (SSSR count). The van der Waals surface area contributed by atoms with Crippen molar-refractivity contribution in [2.45, 2.75) is 12.5 Å². The van der Waals surface area contributed by atoms with Crippen LogP contribution in [0.15, 0.2) is 30.6 Å². The van der Waals surface area contributed by atoms with E-state index in [2.05, 4.69) is 4.98 Å². The molecule has 2 aromatic rings. The highest BCUT2D eigenvalue weighted by molar-refractivity contribution is 6.35. The fourth-order valence-corrected chi connectivity index (χ4v) is 2.73. The van der Waals surface area contributed by atoms with Crippen molar-refractivity contribution in [1.82, 2.24) is 4.98 Å². The molecule has 0 saturated carbocycles. The van der Waals surface area contributed by atoms with Gasteiger partial charge in [0, 0.05) is 25.9 Å². The Morgan fingerprint density at radius 3 is 2.18 bits per heavy atom. The lowest BCUT2D eigenvalue weighted by Crippen LogP contribution is -2.07. The van der Waals surface area contributed by atoms with Gasteiger partial charge in [-0.3, -0.25) is 4.98 Å². The molecule has 0 saturated heterocycles. The molecular formula is C16H17Cl2NO3. The minimum atomic E-state index is -0.211. The predicted molar refractivity (Wildman–Crippen MR) is 87.3 cm³/mol. The zero-order valence-corrected chi connectivity index (χ0v) is 14.1. The molecule has 0 spiro atoms. The molecule has 1 heterocycles. The first-order valence-corrected chi connectivity index (χ1v) is 7.38. The second-order valence-corrected chi connectivity index (χ2v) is 5.44. The number of aromatic nitrogens is 1. The first-order chi connectivity index (χ1) is 10.6. The summed E-state index contributed by atoms with van der Waals surface area (Å²) >= 11 is 12.4. The van der Waals surface area contributed by atoms with Gasteiger partial charge in [-0.15, -0.1) is 0 Å². The molecule has 1 aromatic heterocycles. The molecular weight excluding hydrogens is 325 g/mol. The average Bonchev–Trinajstić information content (AvgIpc) is 2.54. The topological polar surface area (TPSA) is 40.6 Å². The zero-order chi connectivity index (χ0) is 16.1. The number of pyridine rings is 1. The van der Waals surface area contributed by atoms with Crippen LogP contribution in [0.2, 0.25) is 10.0 Å². The lowest BCUT2D eigenvalue weighted by atomic mass is 10.0. The summed E-state index contributed by atoms with van der Waals surface area (Å²) in [4.78, 5) is 3.96. The molecule has 22 heavy (non-hydrogen) atoms. The number of halogens is 2. The van der Waals surface area contributed by atoms with E-state index in [-0.39, 0.29) is 6.10 Å². The summed E-state index contributed by atoms with van der Waals surface area (Å²) in [6.45, 7) is 0. The number of rotatable bonds is 6. The summed E-state index contributed by atoms with van der Waals surface area (Å²) < 4.78 is 16.2. The molecule has 0 aliphatic carbocycles. The standard InChI is InChI=1S/C16H17Cl2NO3/c1-20-14-5-4-10(6-16(14)22-3)15(21-2)7-11-12(17)8-19-9-13(11)18/h4-6,8-9,15H,7H2,1-3H3. The number of ether oxygens (including phenoxy) is 3. The van der Waals surface area contributed by atoms with Gasteiger partial charge in [-0.05, 0) is 23.3 Å². The van der Waals surface area contributed by atoms with Crippen molar-refractivity contribution in [2.75, 3.05) is 21.3 Å². The van der Waals surface area contributed by atoms with Crippen LogP contribution >= 0.6 is 23.2 Å². The molecule has 118 valence electrons. The van der Waals surface area contributed by atoms with Gasteiger partial charge in [0.2, 0.25) is 0 Å². The van der Waals surface area contributed by atoms with Gasteiger partial charge in [0.25, 0.3) is 0 Å². The van der Waals surface area contributed by atoms with Crippen molar-refractivity contribution < 1.29 is 14.2 Å². The van der Waals surface area contributed by atoms with Crippen LogP contribution in [0.5, 0.6) is 11.5 Å². The van der Waals surface area contributed by atoms with Crippen molar-refractivity contribution in [2.24, 2.45) is 0 Å². The highest BCUT2D eigenvalue weighted by Gasteiger charge is 2.18. The quantitative estimate of drug-likeness (QED) is 0.783. The fourth-order valence-electron chi connectivity index (χ4n) is 2.21. The number of benzene rings is 1. The molecule has 0 bridgehead atoms. The van der Waals surface area contributed by atoms with Crippen molar-refractivity contribution in [3.05, 3.63) is 51.8 Å². The zero-order valence-electron chi connectivity index (χ0n) is 12.6. The Kier molecular flexibility index (Phi) is 5.89. The number of hydrogen-bond donors (Lipinski definition) is 0. The first-order valence-electron chi connectivity index (χ1n) is 6.63. The van der Waals surface area contributed by atoms with Crippen LogP contribution in [0.4, 0.5) is 0 Å². The molecule has 4 nitrogen and oxygen atoms in total. The smallest absolute Gasteiger partial charge is 0.161 e. The lowest BCUT2D eigenvalue weighted by molar-refractivity contribution is 0.103. The van der Waals surface area contributed by atoms with Gasteiger partial charge in [-0.25, -0.2) is 0 Å². The molecule has 0 amide bonds. The summed E-state index contributed by atoms with van der Waals surface area (Å²) in [6.07, 6.45) is 3.47. The third-order valence-corrected chi connectivity index (χ3v) is 4.06. The van der Waals surface area contributed by atoms with Crippen LogP contribution in [-0.2, 0) is 11.2 Å². The summed E-state index contributed by atoms with van der Waals surface area (Å²) in [5.41, 5.74) is 1.75. The Morgan fingerprint density at radius 2 is 1.64 bits per heavy atom. The third kappa shape index (κ3) is 3.64. The summed E-state index contributed by atoms with van der Waals surface area (Å²) in [7, 11) is 4.84. The number of methoxy groups -OCH3 is 3. The maximum absolute atomic E-state index is 6.18. The molecule has 0 aliphatic heterocycles. The van der Waals surface area contributed by atoms with Gasteiger partial charge in [0.05, 0.1) is 30.4 Å². The lowest BCUT2D eigenvalue weighted by Gasteiger charge is -2.19. The van der Waals surface area contributed by atoms with Crippen LogP contribution < -0.4 is 9.47 Å². The molecule has 6 heteroatoms. The van der Waals surface area contributed by atoms with Gasteiger partial charge < -0.3 is 14.2 Å². The van der Waals surface area contributed by atoms with Crippen LogP contribution in [0.1, 0.15) is 17.2 Å². The average molecular weight is 342 g/mol. The SMILES string of the molecule is COc1ccc(C(Cc2c(Cl)cncc2Cl)OC)cc1OC. The second-order valence-electron chi connectivity index (χ2n) is 4.62. The van der Waals surface area contributed by atoms with E-state index < -0.39 is 0 Å². The van der Waals surface area contributed by atoms with Crippen molar-refractivity contribution in [3.8, 4) is 11.5 Å². The van der Waals surface area contributed by atoms with Gasteiger partial charge in [-0.1, -0.05) is 29.3 Å². The van der Waals surface area contributed by atoms with Gasteiger partial charge >= 0.3 is 0 Å². The van der Waals surface area contributed by atoms with Gasteiger partial charge in [-0.2, -0.15) is 0 Å². The molecule has 0 N–H and O–H groups in total. The largest absolute Gasteiger partial charge is 0.493 e. The van der Waals surface area contributed by atoms with Crippen molar-refractivity contribution >= 4 is 23.2 Å². The molecule has 1 unspecified atom stereocenters. The Balaban J connectivity index is 2.32. The highest BCUT2D eigenvalue weighted by Crippen LogP contribution is 2.34. The van der Waals surface area contributed by atoms with E-state index in [0.29, 0.717) is 28.0 Å². The molecule has 0 radical (unpaired) electrons. The van der Waals surface area contributed by atoms with E-state index in [1.54, 1.807) is 33.7 Å². The van der Waals surface area contributed by atoms with E-state index >= 15 is 0 Å². The van der Waals surface area contributed by atoms with E-state index in [1.807, 2.05) is 18.2 Å². The second kappa shape index (κ2) is 7.68. The Bertz CT molecular complexity index is 629. The summed E-state index contributed by atoms with van der Waals surface area (Å²) in [5, 5.41) is 1.05. The van der Waals surface area contributed by atoms with Gasteiger partial charge in [0.15, 0.2) is 11.5 Å². The fraction of sp³-hybridized carbons (Fsp3) is 0.312. The van der Waals surface area contributed by atoms with Crippen LogP contribution in [0, 0.1) is 0 Å². The maximum Gasteiger partial charge on any atom is 0.161 e. The normalized spacial score (nSPS) is 12.0. The van der Waals surface area contributed by atoms with Crippen molar-refractivity contribution in [1.29, 1.82) is 0 Å².